The van der Waals surface area contributed by atoms with Gasteiger partial charge in [0.05, 0.1) is 12.2 Å². The number of carboxylic acids is 1. The van der Waals surface area contributed by atoms with Gasteiger partial charge in [0.15, 0.2) is 5.78 Å². The molecule has 0 aromatic heterocycles. The summed E-state index contributed by atoms with van der Waals surface area (Å²) in [7, 11) is 0. The molecule has 0 amide bonds. The Bertz CT molecular complexity index is 453. The van der Waals surface area contributed by atoms with E-state index in [-0.39, 0.29) is 6.42 Å². The van der Waals surface area contributed by atoms with Crippen molar-refractivity contribution in [2.24, 2.45) is 5.41 Å². The standard InChI is InChI=1S/C14H18O4/c1-4-14(3,13(16)17)12(15)10-8-6-7-9-11(10)18-5-2/h6-9H,4-5H2,1-3H3,(H,16,17). The summed E-state index contributed by atoms with van der Waals surface area (Å²) < 4.78 is 5.36. The third-order valence-electron chi connectivity index (χ3n) is 3.11. The summed E-state index contributed by atoms with van der Waals surface area (Å²) in [6.45, 7) is 5.38. The number of carboxylic acid groups (broad SMARTS) is 1. The van der Waals surface area contributed by atoms with Crippen LogP contribution in [0, 0.1) is 5.41 Å². The molecule has 1 rings (SSSR count). The Morgan fingerprint density at radius 2 is 1.89 bits per heavy atom. The van der Waals surface area contributed by atoms with Crippen molar-refractivity contribution in [3.05, 3.63) is 29.8 Å². The van der Waals surface area contributed by atoms with Gasteiger partial charge in [-0.05, 0) is 32.4 Å². The van der Waals surface area contributed by atoms with E-state index >= 15 is 0 Å². The zero-order valence-corrected chi connectivity index (χ0v) is 10.9. The number of benzene rings is 1. The molecular weight excluding hydrogens is 232 g/mol. The van der Waals surface area contributed by atoms with Gasteiger partial charge in [0.25, 0.3) is 0 Å². The molecule has 0 heterocycles. The maximum absolute atomic E-state index is 12.4. The molecule has 0 saturated carbocycles. The Kier molecular flexibility index (Phi) is 4.48. The Labute approximate surface area is 107 Å². The van der Waals surface area contributed by atoms with Gasteiger partial charge in [0.2, 0.25) is 0 Å². The van der Waals surface area contributed by atoms with Crippen molar-refractivity contribution in [2.45, 2.75) is 27.2 Å². The van der Waals surface area contributed by atoms with Crippen LogP contribution in [0.15, 0.2) is 24.3 Å². The number of ketones is 1. The lowest BCUT2D eigenvalue weighted by Crippen LogP contribution is -2.36. The Hall–Kier alpha value is -1.84. The van der Waals surface area contributed by atoms with Gasteiger partial charge in [-0.2, -0.15) is 0 Å². The van der Waals surface area contributed by atoms with Crippen LogP contribution in [0.5, 0.6) is 5.75 Å². The van der Waals surface area contributed by atoms with Crippen LogP contribution in [-0.4, -0.2) is 23.5 Å². The first-order valence-corrected chi connectivity index (χ1v) is 5.97. The Morgan fingerprint density at radius 3 is 2.39 bits per heavy atom. The third-order valence-corrected chi connectivity index (χ3v) is 3.11. The minimum atomic E-state index is -1.41. The summed E-state index contributed by atoms with van der Waals surface area (Å²) in [4.78, 5) is 23.6. The Balaban J connectivity index is 3.21. The lowest BCUT2D eigenvalue weighted by atomic mass is 9.80. The molecule has 0 aliphatic rings. The van der Waals surface area contributed by atoms with Crippen LogP contribution in [0.1, 0.15) is 37.6 Å². The molecule has 4 nitrogen and oxygen atoms in total. The van der Waals surface area contributed by atoms with Crippen LogP contribution in [0.2, 0.25) is 0 Å². The van der Waals surface area contributed by atoms with E-state index in [4.69, 9.17) is 4.74 Å². The average molecular weight is 250 g/mol. The van der Waals surface area contributed by atoms with E-state index in [9.17, 15) is 14.7 Å². The second-order valence-electron chi connectivity index (χ2n) is 4.25. The number of para-hydroxylation sites is 1. The maximum atomic E-state index is 12.4. The summed E-state index contributed by atoms with van der Waals surface area (Å²) in [6.07, 6.45) is 0.238. The highest BCUT2D eigenvalue weighted by Gasteiger charge is 2.40. The zero-order chi connectivity index (χ0) is 13.8. The summed E-state index contributed by atoms with van der Waals surface area (Å²) in [5, 5.41) is 9.22. The first-order valence-electron chi connectivity index (χ1n) is 5.97. The van der Waals surface area contributed by atoms with Crippen molar-refractivity contribution in [1.29, 1.82) is 0 Å². The van der Waals surface area contributed by atoms with Crippen LogP contribution in [-0.2, 0) is 4.79 Å². The second kappa shape index (κ2) is 5.67. The quantitative estimate of drug-likeness (QED) is 0.623. The van der Waals surface area contributed by atoms with Crippen LogP contribution in [0.3, 0.4) is 0 Å². The number of ether oxygens (including phenoxy) is 1. The van der Waals surface area contributed by atoms with Crippen molar-refractivity contribution in [3.8, 4) is 5.75 Å². The number of aliphatic carboxylic acids is 1. The van der Waals surface area contributed by atoms with E-state index in [0.29, 0.717) is 17.9 Å². The van der Waals surface area contributed by atoms with E-state index in [1.165, 1.54) is 6.92 Å². The molecule has 0 aliphatic carbocycles. The fraction of sp³-hybridized carbons (Fsp3) is 0.429. The molecule has 1 atom stereocenters. The molecule has 4 heteroatoms. The van der Waals surface area contributed by atoms with E-state index < -0.39 is 17.2 Å². The highest BCUT2D eigenvalue weighted by molar-refractivity contribution is 6.12. The molecule has 18 heavy (non-hydrogen) atoms. The van der Waals surface area contributed by atoms with Gasteiger partial charge in [-0.3, -0.25) is 9.59 Å². The number of Topliss-reactive ketones (excluding diaryl/α,β-unsaturated/α-hetero) is 1. The number of carbonyl (C=O) groups is 2. The molecular formula is C14H18O4. The molecule has 0 spiro atoms. The first kappa shape index (κ1) is 14.2. The van der Waals surface area contributed by atoms with Crippen LogP contribution in [0.25, 0.3) is 0 Å². The van der Waals surface area contributed by atoms with Gasteiger partial charge in [-0.15, -0.1) is 0 Å². The smallest absolute Gasteiger partial charge is 0.317 e. The Morgan fingerprint density at radius 1 is 1.28 bits per heavy atom. The second-order valence-corrected chi connectivity index (χ2v) is 4.25. The monoisotopic (exact) mass is 250 g/mol. The summed E-state index contributed by atoms with van der Waals surface area (Å²) in [6, 6.07) is 6.73. The van der Waals surface area contributed by atoms with Gasteiger partial charge in [0.1, 0.15) is 11.2 Å². The first-order chi connectivity index (χ1) is 8.47. The fourth-order valence-electron chi connectivity index (χ4n) is 1.64. The average Bonchev–Trinajstić information content (AvgIpc) is 2.37. The lowest BCUT2D eigenvalue weighted by molar-refractivity contribution is -0.145. The molecule has 0 aliphatic heterocycles. The van der Waals surface area contributed by atoms with Crippen molar-refractivity contribution in [1.82, 2.24) is 0 Å². The van der Waals surface area contributed by atoms with Crippen LogP contribution >= 0.6 is 0 Å². The number of hydrogen-bond acceptors (Lipinski definition) is 3. The van der Waals surface area contributed by atoms with Gasteiger partial charge < -0.3 is 9.84 Å². The third kappa shape index (κ3) is 2.53. The van der Waals surface area contributed by atoms with E-state index in [1.54, 1.807) is 31.2 Å². The van der Waals surface area contributed by atoms with Crippen molar-refractivity contribution >= 4 is 11.8 Å². The molecule has 1 aromatic carbocycles. The molecule has 0 saturated heterocycles. The fourth-order valence-corrected chi connectivity index (χ4v) is 1.64. The summed E-state index contributed by atoms with van der Waals surface area (Å²) >= 11 is 0. The van der Waals surface area contributed by atoms with Crippen LogP contribution < -0.4 is 4.74 Å². The molecule has 98 valence electrons. The minimum absolute atomic E-state index is 0.238. The number of carbonyl (C=O) groups excluding carboxylic acids is 1. The van der Waals surface area contributed by atoms with Gasteiger partial charge in [-0.25, -0.2) is 0 Å². The molecule has 1 N–H and O–H groups in total. The maximum Gasteiger partial charge on any atom is 0.317 e. The van der Waals surface area contributed by atoms with Crippen molar-refractivity contribution in [3.63, 3.8) is 0 Å². The largest absolute Gasteiger partial charge is 0.493 e. The van der Waals surface area contributed by atoms with Gasteiger partial charge in [-0.1, -0.05) is 19.1 Å². The van der Waals surface area contributed by atoms with Gasteiger partial charge >= 0.3 is 5.97 Å². The summed E-state index contributed by atoms with van der Waals surface area (Å²) in [5.41, 5.74) is -1.08. The molecule has 0 fully saturated rings. The topological polar surface area (TPSA) is 63.6 Å². The number of rotatable bonds is 6. The van der Waals surface area contributed by atoms with Crippen molar-refractivity contribution < 1.29 is 19.4 Å². The van der Waals surface area contributed by atoms with E-state index in [0.717, 1.165) is 0 Å². The molecule has 1 aromatic rings. The van der Waals surface area contributed by atoms with Gasteiger partial charge in [0, 0.05) is 0 Å². The summed E-state index contributed by atoms with van der Waals surface area (Å²) in [5.74, 6) is -1.09. The zero-order valence-electron chi connectivity index (χ0n) is 10.9. The lowest BCUT2D eigenvalue weighted by Gasteiger charge is -2.22. The molecule has 1 unspecified atom stereocenters. The molecule has 0 bridgehead atoms. The highest BCUT2D eigenvalue weighted by atomic mass is 16.5. The minimum Gasteiger partial charge on any atom is -0.493 e. The normalized spacial score (nSPS) is 13.7. The highest BCUT2D eigenvalue weighted by Crippen LogP contribution is 2.31. The van der Waals surface area contributed by atoms with Crippen LogP contribution in [0.4, 0.5) is 0 Å². The molecule has 0 radical (unpaired) electrons. The SMILES string of the molecule is CCOc1ccccc1C(=O)C(C)(CC)C(=O)O. The predicted molar refractivity (Wildman–Crippen MR) is 68.0 cm³/mol. The van der Waals surface area contributed by atoms with E-state index in [2.05, 4.69) is 0 Å². The number of hydrogen-bond donors (Lipinski definition) is 1. The predicted octanol–water partition coefficient (Wildman–Crippen LogP) is 2.77. The van der Waals surface area contributed by atoms with E-state index in [1.807, 2.05) is 6.92 Å². The van der Waals surface area contributed by atoms with Crippen molar-refractivity contribution in [2.75, 3.05) is 6.61 Å².